The average molecular weight is 316 g/mol. The fourth-order valence-corrected chi connectivity index (χ4v) is 3.42. The molecule has 120 valence electrons. The SMILES string of the molecule is CCN1C(=O)c2cccc3c(NCc4ccc(C)cc4)ccc1c23. The van der Waals surface area contributed by atoms with Crippen molar-refractivity contribution in [2.24, 2.45) is 0 Å². The molecule has 3 nitrogen and oxygen atoms in total. The maximum atomic E-state index is 12.5. The molecule has 24 heavy (non-hydrogen) atoms. The summed E-state index contributed by atoms with van der Waals surface area (Å²) in [6.07, 6.45) is 0. The highest BCUT2D eigenvalue weighted by Gasteiger charge is 2.29. The van der Waals surface area contributed by atoms with Crippen molar-refractivity contribution in [3.05, 3.63) is 71.3 Å². The van der Waals surface area contributed by atoms with Crippen molar-refractivity contribution in [1.29, 1.82) is 0 Å². The van der Waals surface area contributed by atoms with Crippen LogP contribution in [0, 0.1) is 6.92 Å². The van der Waals surface area contributed by atoms with Crippen LogP contribution >= 0.6 is 0 Å². The van der Waals surface area contributed by atoms with Crippen molar-refractivity contribution >= 4 is 28.1 Å². The van der Waals surface area contributed by atoms with Crippen molar-refractivity contribution in [3.8, 4) is 0 Å². The van der Waals surface area contributed by atoms with Crippen LogP contribution in [-0.4, -0.2) is 12.5 Å². The number of rotatable bonds is 4. The van der Waals surface area contributed by atoms with E-state index in [-0.39, 0.29) is 5.91 Å². The number of anilines is 2. The first-order chi connectivity index (χ1) is 11.7. The molecule has 1 aliphatic heterocycles. The lowest BCUT2D eigenvalue weighted by Crippen LogP contribution is -2.25. The number of nitrogens with one attached hydrogen (secondary N) is 1. The van der Waals surface area contributed by atoms with Gasteiger partial charge in [0.05, 0.1) is 5.69 Å². The van der Waals surface area contributed by atoms with Gasteiger partial charge in [0.1, 0.15) is 0 Å². The Morgan fingerprint density at radius 3 is 2.54 bits per heavy atom. The molecule has 0 radical (unpaired) electrons. The van der Waals surface area contributed by atoms with E-state index in [0.29, 0.717) is 6.54 Å². The lowest BCUT2D eigenvalue weighted by atomic mass is 10.0. The van der Waals surface area contributed by atoms with Crippen LogP contribution in [0.4, 0.5) is 11.4 Å². The van der Waals surface area contributed by atoms with Crippen molar-refractivity contribution < 1.29 is 4.79 Å². The summed E-state index contributed by atoms with van der Waals surface area (Å²) in [5.74, 6) is 0.105. The Morgan fingerprint density at radius 1 is 1.00 bits per heavy atom. The smallest absolute Gasteiger partial charge is 0.258 e. The van der Waals surface area contributed by atoms with Gasteiger partial charge >= 0.3 is 0 Å². The zero-order valence-electron chi connectivity index (χ0n) is 14.0. The number of hydrogen-bond donors (Lipinski definition) is 1. The second-order valence-electron chi connectivity index (χ2n) is 6.25. The summed E-state index contributed by atoms with van der Waals surface area (Å²) in [6, 6.07) is 18.7. The van der Waals surface area contributed by atoms with E-state index in [9.17, 15) is 4.79 Å². The van der Waals surface area contributed by atoms with Gasteiger partial charge in [-0.3, -0.25) is 4.79 Å². The molecule has 4 rings (SSSR count). The Hall–Kier alpha value is -2.81. The Morgan fingerprint density at radius 2 is 1.79 bits per heavy atom. The minimum absolute atomic E-state index is 0.105. The Bertz CT molecular complexity index is 928. The molecule has 1 amide bonds. The van der Waals surface area contributed by atoms with Crippen LogP contribution in [0.5, 0.6) is 0 Å². The van der Waals surface area contributed by atoms with Crippen LogP contribution in [0.1, 0.15) is 28.4 Å². The molecule has 1 aliphatic rings. The highest BCUT2D eigenvalue weighted by atomic mass is 16.2. The summed E-state index contributed by atoms with van der Waals surface area (Å²) in [5, 5.41) is 5.70. The fourth-order valence-electron chi connectivity index (χ4n) is 3.42. The summed E-state index contributed by atoms with van der Waals surface area (Å²) < 4.78 is 0. The third-order valence-corrected chi connectivity index (χ3v) is 4.70. The van der Waals surface area contributed by atoms with Gasteiger partial charge in [0.2, 0.25) is 0 Å². The van der Waals surface area contributed by atoms with E-state index in [1.165, 1.54) is 11.1 Å². The quantitative estimate of drug-likeness (QED) is 0.754. The maximum Gasteiger partial charge on any atom is 0.258 e. The van der Waals surface area contributed by atoms with Gasteiger partial charge in [0.25, 0.3) is 5.91 Å². The van der Waals surface area contributed by atoms with Crippen LogP contribution < -0.4 is 10.2 Å². The van der Waals surface area contributed by atoms with Crippen molar-refractivity contribution in [2.45, 2.75) is 20.4 Å². The first-order valence-electron chi connectivity index (χ1n) is 8.36. The second-order valence-corrected chi connectivity index (χ2v) is 6.25. The summed E-state index contributed by atoms with van der Waals surface area (Å²) in [4.78, 5) is 14.4. The van der Waals surface area contributed by atoms with E-state index in [1.54, 1.807) is 0 Å². The summed E-state index contributed by atoms with van der Waals surface area (Å²) in [5.41, 5.74) is 5.41. The van der Waals surface area contributed by atoms with Crippen molar-refractivity contribution in [2.75, 3.05) is 16.8 Å². The number of amides is 1. The van der Waals surface area contributed by atoms with Crippen LogP contribution in [0.25, 0.3) is 10.8 Å². The normalized spacial score (nSPS) is 12.9. The van der Waals surface area contributed by atoms with Gasteiger partial charge in [-0.25, -0.2) is 0 Å². The largest absolute Gasteiger partial charge is 0.380 e. The lowest BCUT2D eigenvalue weighted by Gasteiger charge is -2.16. The molecule has 0 saturated heterocycles. The van der Waals surface area contributed by atoms with Crippen molar-refractivity contribution in [1.82, 2.24) is 0 Å². The maximum absolute atomic E-state index is 12.5. The molecule has 3 aromatic rings. The number of hydrogen-bond acceptors (Lipinski definition) is 2. The Kier molecular flexibility index (Phi) is 3.49. The van der Waals surface area contributed by atoms with Crippen LogP contribution in [0.3, 0.4) is 0 Å². The van der Waals surface area contributed by atoms with E-state index in [2.05, 4.69) is 54.7 Å². The lowest BCUT2D eigenvalue weighted by molar-refractivity contribution is 0.0994. The van der Waals surface area contributed by atoms with Gasteiger partial charge in [-0.15, -0.1) is 0 Å². The molecule has 0 spiro atoms. The predicted molar refractivity (Wildman–Crippen MR) is 99.8 cm³/mol. The molecule has 0 atom stereocenters. The summed E-state index contributed by atoms with van der Waals surface area (Å²) in [7, 11) is 0. The topological polar surface area (TPSA) is 32.3 Å². The van der Waals surface area contributed by atoms with Gasteiger partial charge in [0, 0.05) is 35.1 Å². The molecule has 1 heterocycles. The Labute approximate surface area is 141 Å². The predicted octanol–water partition coefficient (Wildman–Crippen LogP) is 4.74. The average Bonchev–Trinajstić information content (AvgIpc) is 2.89. The zero-order chi connectivity index (χ0) is 16.7. The molecule has 0 aliphatic carbocycles. The van der Waals surface area contributed by atoms with E-state index < -0.39 is 0 Å². The first-order valence-corrected chi connectivity index (χ1v) is 8.36. The monoisotopic (exact) mass is 316 g/mol. The molecule has 0 saturated carbocycles. The highest BCUT2D eigenvalue weighted by molar-refractivity contribution is 6.26. The molecule has 0 bridgehead atoms. The summed E-state index contributed by atoms with van der Waals surface area (Å²) in [6.45, 7) is 5.57. The van der Waals surface area contributed by atoms with E-state index in [1.807, 2.05) is 24.0 Å². The van der Waals surface area contributed by atoms with Crippen molar-refractivity contribution in [3.63, 3.8) is 0 Å². The van der Waals surface area contributed by atoms with Crippen LogP contribution in [-0.2, 0) is 6.54 Å². The third kappa shape index (κ3) is 2.24. The number of aryl methyl sites for hydroxylation is 1. The highest BCUT2D eigenvalue weighted by Crippen LogP contribution is 2.40. The second kappa shape index (κ2) is 5.68. The third-order valence-electron chi connectivity index (χ3n) is 4.70. The van der Waals surface area contributed by atoms with E-state index in [4.69, 9.17) is 0 Å². The molecular formula is C21H20N2O. The van der Waals surface area contributed by atoms with Gasteiger partial charge in [-0.2, -0.15) is 0 Å². The van der Waals surface area contributed by atoms with Gasteiger partial charge < -0.3 is 10.2 Å². The Balaban J connectivity index is 1.72. The minimum Gasteiger partial charge on any atom is -0.380 e. The minimum atomic E-state index is 0.105. The van der Waals surface area contributed by atoms with Crippen LogP contribution in [0.15, 0.2) is 54.6 Å². The molecule has 0 unspecified atom stereocenters. The number of nitrogens with zero attached hydrogens (tertiary/aromatic N) is 1. The number of carbonyl (C=O) groups excluding carboxylic acids is 1. The molecule has 1 N–H and O–H groups in total. The molecular weight excluding hydrogens is 296 g/mol. The van der Waals surface area contributed by atoms with Gasteiger partial charge in [-0.05, 0) is 37.6 Å². The van der Waals surface area contributed by atoms with Crippen LogP contribution in [0.2, 0.25) is 0 Å². The standard InChI is InChI=1S/C21H20N2O/c1-3-23-19-12-11-18(22-13-15-9-7-14(2)8-10-15)16-5-4-6-17(20(16)19)21(23)24/h4-12,22H,3,13H2,1-2H3. The van der Waals surface area contributed by atoms with Gasteiger partial charge in [-0.1, -0.05) is 42.0 Å². The fraction of sp³-hybridized carbons (Fsp3) is 0.190. The zero-order valence-corrected chi connectivity index (χ0v) is 14.0. The first kappa shape index (κ1) is 14.8. The number of carbonyl (C=O) groups is 1. The molecule has 0 aromatic heterocycles. The van der Waals surface area contributed by atoms with E-state index >= 15 is 0 Å². The van der Waals surface area contributed by atoms with E-state index in [0.717, 1.165) is 34.3 Å². The molecule has 3 heteroatoms. The molecule has 3 aromatic carbocycles. The van der Waals surface area contributed by atoms with Gasteiger partial charge in [0.15, 0.2) is 0 Å². The molecule has 0 fully saturated rings. The number of benzene rings is 3. The summed E-state index contributed by atoms with van der Waals surface area (Å²) >= 11 is 0.